The minimum Gasteiger partial charge on any atom is -0.0921 e. The van der Waals surface area contributed by atoms with Crippen molar-refractivity contribution in [3.8, 4) is 0 Å². The molecule has 17 heavy (non-hydrogen) atoms. The molecule has 0 bridgehead atoms. The second kappa shape index (κ2) is 6.36. The lowest BCUT2D eigenvalue weighted by atomic mass is 9.94. The first kappa shape index (κ1) is 12.8. The molecule has 0 saturated carbocycles. The molecule has 0 aliphatic carbocycles. The summed E-state index contributed by atoms with van der Waals surface area (Å²) in [5, 5.41) is 0.990. The highest BCUT2D eigenvalue weighted by atomic mass is 79.9. The van der Waals surface area contributed by atoms with Crippen molar-refractivity contribution < 1.29 is 0 Å². The van der Waals surface area contributed by atoms with Crippen LogP contribution >= 0.6 is 31.9 Å². The van der Waals surface area contributed by atoms with E-state index in [1.165, 1.54) is 11.1 Å². The van der Waals surface area contributed by atoms with E-state index >= 15 is 0 Å². The van der Waals surface area contributed by atoms with Crippen molar-refractivity contribution in [3.05, 3.63) is 70.2 Å². The second-order valence-electron chi connectivity index (χ2n) is 4.10. The van der Waals surface area contributed by atoms with Gasteiger partial charge in [0.15, 0.2) is 0 Å². The molecule has 2 aromatic carbocycles. The first-order valence-corrected chi connectivity index (χ1v) is 7.56. The van der Waals surface area contributed by atoms with Crippen molar-refractivity contribution in [2.24, 2.45) is 0 Å². The Morgan fingerprint density at radius 1 is 0.941 bits per heavy atom. The lowest BCUT2D eigenvalue weighted by Crippen LogP contribution is -2.04. The average Bonchev–Trinajstić information content (AvgIpc) is 2.37. The average molecular weight is 354 g/mol. The zero-order valence-electron chi connectivity index (χ0n) is 9.44. The Kier molecular flexibility index (Phi) is 4.81. The Morgan fingerprint density at radius 3 is 2.35 bits per heavy atom. The summed E-state index contributed by atoms with van der Waals surface area (Å²) in [6.07, 6.45) is 1.06. The van der Waals surface area contributed by atoms with Crippen LogP contribution in [0.2, 0.25) is 0 Å². The van der Waals surface area contributed by atoms with Crippen LogP contribution in [0.3, 0.4) is 0 Å². The van der Waals surface area contributed by atoms with Gasteiger partial charge in [0.2, 0.25) is 0 Å². The van der Waals surface area contributed by atoms with Gasteiger partial charge in [-0.1, -0.05) is 74.3 Å². The summed E-state index contributed by atoms with van der Waals surface area (Å²) in [6.45, 7) is 0. The van der Waals surface area contributed by atoms with Crippen molar-refractivity contribution >= 4 is 31.9 Å². The second-order valence-corrected chi connectivity index (χ2v) is 5.66. The highest BCUT2D eigenvalue weighted by Gasteiger charge is 2.10. The topological polar surface area (TPSA) is 0 Å². The van der Waals surface area contributed by atoms with E-state index in [4.69, 9.17) is 0 Å². The summed E-state index contributed by atoms with van der Waals surface area (Å²) in [6, 6.07) is 19.2. The van der Waals surface area contributed by atoms with Crippen LogP contribution < -0.4 is 0 Å². The monoisotopic (exact) mass is 352 g/mol. The van der Waals surface area contributed by atoms with Gasteiger partial charge in [0.25, 0.3) is 0 Å². The number of hydrogen-bond donors (Lipinski definition) is 0. The maximum absolute atomic E-state index is 3.62. The van der Waals surface area contributed by atoms with Crippen molar-refractivity contribution in [1.82, 2.24) is 0 Å². The number of rotatable bonds is 4. The zero-order valence-corrected chi connectivity index (χ0v) is 12.6. The highest BCUT2D eigenvalue weighted by molar-refractivity contribution is 9.10. The molecule has 0 saturated heterocycles. The standard InChI is InChI=1S/C15H14Br2/c16-11-14(13-6-2-1-3-7-13)9-12-5-4-8-15(17)10-12/h1-8,10,14H,9,11H2. The maximum Gasteiger partial charge on any atom is 0.0177 e. The van der Waals surface area contributed by atoms with Crippen LogP contribution in [-0.4, -0.2) is 5.33 Å². The molecule has 2 heteroatoms. The molecule has 0 nitrogen and oxygen atoms in total. The SMILES string of the molecule is BrCC(Cc1cccc(Br)c1)c1ccccc1. The third-order valence-electron chi connectivity index (χ3n) is 2.83. The number of alkyl halides is 1. The van der Waals surface area contributed by atoms with Crippen molar-refractivity contribution in [3.63, 3.8) is 0 Å². The lowest BCUT2D eigenvalue weighted by Gasteiger charge is -2.14. The molecule has 1 unspecified atom stereocenters. The first-order valence-electron chi connectivity index (χ1n) is 5.65. The molecular formula is C15H14Br2. The molecule has 0 aliphatic heterocycles. The van der Waals surface area contributed by atoms with Gasteiger partial charge in [-0.3, -0.25) is 0 Å². The van der Waals surface area contributed by atoms with E-state index in [0.717, 1.165) is 16.2 Å². The summed E-state index contributed by atoms with van der Waals surface area (Å²) in [4.78, 5) is 0. The normalized spacial score (nSPS) is 12.4. The quantitative estimate of drug-likeness (QED) is 0.665. The fourth-order valence-electron chi connectivity index (χ4n) is 1.94. The Balaban J connectivity index is 2.16. The number of hydrogen-bond acceptors (Lipinski definition) is 0. The molecule has 0 heterocycles. The Morgan fingerprint density at radius 2 is 1.71 bits per heavy atom. The van der Waals surface area contributed by atoms with Gasteiger partial charge >= 0.3 is 0 Å². The van der Waals surface area contributed by atoms with E-state index < -0.39 is 0 Å². The van der Waals surface area contributed by atoms with Crippen LogP contribution in [0.1, 0.15) is 17.0 Å². The number of halogens is 2. The van der Waals surface area contributed by atoms with Gasteiger partial charge in [0.05, 0.1) is 0 Å². The van der Waals surface area contributed by atoms with E-state index in [9.17, 15) is 0 Å². The predicted octanol–water partition coefficient (Wildman–Crippen LogP) is 5.17. The van der Waals surface area contributed by atoms with Crippen LogP contribution in [0.5, 0.6) is 0 Å². The van der Waals surface area contributed by atoms with Gasteiger partial charge in [0.1, 0.15) is 0 Å². The van der Waals surface area contributed by atoms with Gasteiger partial charge in [0, 0.05) is 9.80 Å². The lowest BCUT2D eigenvalue weighted by molar-refractivity contribution is 0.775. The third-order valence-corrected chi connectivity index (χ3v) is 4.10. The summed E-state index contributed by atoms with van der Waals surface area (Å²) < 4.78 is 1.15. The summed E-state index contributed by atoms with van der Waals surface area (Å²) in [5.41, 5.74) is 2.76. The molecule has 0 amide bonds. The largest absolute Gasteiger partial charge is 0.0921 e. The summed E-state index contributed by atoms with van der Waals surface area (Å²) in [5.74, 6) is 0.533. The van der Waals surface area contributed by atoms with Crippen LogP contribution in [0.25, 0.3) is 0 Å². The fourth-order valence-corrected chi connectivity index (χ4v) is 2.98. The summed E-state index contributed by atoms with van der Waals surface area (Å²) in [7, 11) is 0. The van der Waals surface area contributed by atoms with Crippen molar-refractivity contribution in [2.75, 3.05) is 5.33 Å². The van der Waals surface area contributed by atoms with Gasteiger partial charge in [-0.2, -0.15) is 0 Å². The molecule has 1 atom stereocenters. The van der Waals surface area contributed by atoms with Gasteiger partial charge in [-0.15, -0.1) is 0 Å². The van der Waals surface area contributed by atoms with Crippen LogP contribution in [-0.2, 0) is 6.42 Å². The Labute approximate surface area is 119 Å². The maximum atomic E-state index is 3.62. The molecule has 2 rings (SSSR count). The zero-order chi connectivity index (χ0) is 12.1. The first-order chi connectivity index (χ1) is 8.29. The van der Waals surface area contributed by atoms with Crippen molar-refractivity contribution in [1.29, 1.82) is 0 Å². The van der Waals surface area contributed by atoms with Gasteiger partial charge in [-0.05, 0) is 35.6 Å². The molecular weight excluding hydrogens is 340 g/mol. The molecule has 0 spiro atoms. The van der Waals surface area contributed by atoms with E-state index in [1.807, 2.05) is 0 Å². The van der Waals surface area contributed by atoms with E-state index in [0.29, 0.717) is 5.92 Å². The molecule has 2 aromatic rings. The van der Waals surface area contributed by atoms with Crippen LogP contribution in [0.15, 0.2) is 59.1 Å². The minimum atomic E-state index is 0.533. The Hall–Kier alpha value is -0.600. The molecule has 88 valence electrons. The molecule has 0 N–H and O–H groups in total. The highest BCUT2D eigenvalue weighted by Crippen LogP contribution is 2.24. The molecule has 0 radical (unpaired) electrons. The van der Waals surface area contributed by atoms with Gasteiger partial charge in [-0.25, -0.2) is 0 Å². The Bertz CT molecular complexity index is 465. The smallest absolute Gasteiger partial charge is 0.0177 e. The third kappa shape index (κ3) is 3.68. The molecule has 0 aliphatic rings. The van der Waals surface area contributed by atoms with Gasteiger partial charge < -0.3 is 0 Å². The van der Waals surface area contributed by atoms with E-state index in [-0.39, 0.29) is 0 Å². The van der Waals surface area contributed by atoms with E-state index in [1.54, 1.807) is 0 Å². The fraction of sp³-hybridized carbons (Fsp3) is 0.200. The van der Waals surface area contributed by atoms with Crippen molar-refractivity contribution in [2.45, 2.75) is 12.3 Å². The molecule has 0 aromatic heterocycles. The molecule has 0 fully saturated rings. The van der Waals surface area contributed by atoms with Crippen LogP contribution in [0.4, 0.5) is 0 Å². The predicted molar refractivity (Wildman–Crippen MR) is 80.8 cm³/mol. The number of benzene rings is 2. The van der Waals surface area contributed by atoms with Crippen LogP contribution in [0, 0.1) is 0 Å². The van der Waals surface area contributed by atoms with E-state index in [2.05, 4.69) is 86.5 Å². The summed E-state index contributed by atoms with van der Waals surface area (Å²) >= 11 is 7.14. The minimum absolute atomic E-state index is 0.533.